The zero-order chi connectivity index (χ0) is 13.9. The van der Waals surface area contributed by atoms with Gasteiger partial charge in [0.05, 0.1) is 0 Å². The van der Waals surface area contributed by atoms with Gasteiger partial charge < -0.3 is 9.88 Å². The first kappa shape index (κ1) is 13.2. The minimum Gasteiger partial charge on any atom is -0.339 e. The molecular weight excluding hydrogens is 268 g/mol. The van der Waals surface area contributed by atoms with Crippen molar-refractivity contribution in [2.75, 3.05) is 7.05 Å². The van der Waals surface area contributed by atoms with E-state index in [0.717, 1.165) is 18.1 Å². The van der Waals surface area contributed by atoms with Gasteiger partial charge in [-0.15, -0.1) is 0 Å². The number of rotatable bonds is 4. The van der Waals surface area contributed by atoms with Gasteiger partial charge in [-0.1, -0.05) is 41.9 Å². The van der Waals surface area contributed by atoms with E-state index in [9.17, 15) is 0 Å². The molecule has 0 aliphatic carbocycles. The smallest absolute Gasteiger partial charge is 0.0486 e. The van der Waals surface area contributed by atoms with E-state index in [0.29, 0.717) is 0 Å². The lowest BCUT2D eigenvalue weighted by molar-refractivity contribution is 0.709. The van der Waals surface area contributed by atoms with Crippen LogP contribution in [0.4, 0.5) is 0 Å². The summed E-state index contributed by atoms with van der Waals surface area (Å²) < 4.78 is 2.34. The third-order valence-corrected chi connectivity index (χ3v) is 3.72. The van der Waals surface area contributed by atoms with Gasteiger partial charge in [-0.25, -0.2) is 0 Å². The van der Waals surface area contributed by atoms with Crippen LogP contribution in [-0.2, 0) is 13.1 Å². The third-order valence-electron chi connectivity index (χ3n) is 3.48. The van der Waals surface area contributed by atoms with Crippen molar-refractivity contribution in [1.82, 2.24) is 9.88 Å². The molecule has 0 aliphatic rings. The van der Waals surface area contributed by atoms with Gasteiger partial charge in [-0.05, 0) is 42.3 Å². The summed E-state index contributed by atoms with van der Waals surface area (Å²) in [6.07, 6.45) is 0. The fourth-order valence-electron chi connectivity index (χ4n) is 2.60. The van der Waals surface area contributed by atoms with Crippen LogP contribution in [0.15, 0.2) is 54.6 Å². The quantitative estimate of drug-likeness (QED) is 0.764. The highest BCUT2D eigenvalue weighted by atomic mass is 35.5. The van der Waals surface area contributed by atoms with Crippen LogP contribution in [-0.4, -0.2) is 11.6 Å². The van der Waals surface area contributed by atoms with Gasteiger partial charge in [0.25, 0.3) is 0 Å². The Bertz CT molecular complexity index is 731. The number of nitrogens with zero attached hydrogens (tertiary/aromatic N) is 1. The molecule has 0 radical (unpaired) electrons. The molecule has 0 saturated carbocycles. The van der Waals surface area contributed by atoms with Gasteiger partial charge in [0.2, 0.25) is 0 Å². The van der Waals surface area contributed by atoms with Crippen molar-refractivity contribution < 1.29 is 0 Å². The molecule has 102 valence electrons. The Morgan fingerprint density at radius 2 is 1.90 bits per heavy atom. The predicted octanol–water partition coefficient (Wildman–Crippen LogP) is 4.06. The Kier molecular flexibility index (Phi) is 3.77. The topological polar surface area (TPSA) is 17.0 Å². The molecular formula is C17H17ClN2. The zero-order valence-corrected chi connectivity index (χ0v) is 12.2. The van der Waals surface area contributed by atoms with Crippen molar-refractivity contribution in [3.05, 3.63) is 70.9 Å². The average Bonchev–Trinajstić information content (AvgIpc) is 2.78. The van der Waals surface area contributed by atoms with Crippen molar-refractivity contribution in [3.63, 3.8) is 0 Å². The van der Waals surface area contributed by atoms with E-state index in [1.807, 2.05) is 25.2 Å². The van der Waals surface area contributed by atoms with Gasteiger partial charge >= 0.3 is 0 Å². The first-order valence-corrected chi connectivity index (χ1v) is 7.12. The lowest BCUT2D eigenvalue weighted by Crippen LogP contribution is -2.11. The molecule has 0 spiro atoms. The number of benzene rings is 2. The lowest BCUT2D eigenvalue weighted by Gasteiger charge is -2.11. The van der Waals surface area contributed by atoms with Crippen molar-refractivity contribution in [2.24, 2.45) is 0 Å². The minimum absolute atomic E-state index is 0.786. The highest BCUT2D eigenvalue weighted by Crippen LogP contribution is 2.22. The summed E-state index contributed by atoms with van der Waals surface area (Å²) >= 11 is 6.08. The molecule has 3 rings (SSSR count). The number of hydrogen-bond donors (Lipinski definition) is 1. The Morgan fingerprint density at radius 3 is 2.70 bits per heavy atom. The molecule has 0 atom stereocenters. The van der Waals surface area contributed by atoms with Gasteiger partial charge in [-0.2, -0.15) is 0 Å². The molecule has 0 saturated heterocycles. The fourth-order valence-corrected chi connectivity index (χ4v) is 2.81. The van der Waals surface area contributed by atoms with Crippen LogP contribution in [0.1, 0.15) is 11.3 Å². The SMILES string of the molecule is CNCc1cc2ccccc2n1Cc1cccc(Cl)c1. The summed E-state index contributed by atoms with van der Waals surface area (Å²) in [5, 5.41) is 5.30. The van der Waals surface area contributed by atoms with E-state index in [-0.39, 0.29) is 0 Å². The summed E-state index contributed by atoms with van der Waals surface area (Å²) in [6, 6.07) is 18.8. The maximum absolute atomic E-state index is 6.08. The van der Waals surface area contributed by atoms with Crippen molar-refractivity contribution in [1.29, 1.82) is 0 Å². The summed E-state index contributed by atoms with van der Waals surface area (Å²) in [4.78, 5) is 0. The lowest BCUT2D eigenvalue weighted by atomic mass is 10.2. The summed E-state index contributed by atoms with van der Waals surface area (Å²) in [7, 11) is 1.97. The van der Waals surface area contributed by atoms with Crippen molar-refractivity contribution >= 4 is 22.5 Å². The Hall–Kier alpha value is -1.77. The number of halogens is 1. The highest BCUT2D eigenvalue weighted by molar-refractivity contribution is 6.30. The van der Waals surface area contributed by atoms with E-state index >= 15 is 0 Å². The van der Waals surface area contributed by atoms with Crippen LogP contribution in [0.25, 0.3) is 10.9 Å². The standard InChI is InChI=1S/C17H17ClN2/c1-19-11-16-10-14-6-2-3-8-17(14)20(16)12-13-5-4-7-15(18)9-13/h2-10,19H,11-12H2,1H3. The van der Waals surface area contributed by atoms with Crippen molar-refractivity contribution in [2.45, 2.75) is 13.1 Å². The fraction of sp³-hybridized carbons (Fsp3) is 0.176. The van der Waals surface area contributed by atoms with Crippen molar-refractivity contribution in [3.8, 4) is 0 Å². The minimum atomic E-state index is 0.786. The Morgan fingerprint density at radius 1 is 1.05 bits per heavy atom. The van der Waals surface area contributed by atoms with Gasteiger partial charge in [0.15, 0.2) is 0 Å². The molecule has 0 fully saturated rings. The van der Waals surface area contributed by atoms with Crippen LogP contribution in [0.2, 0.25) is 5.02 Å². The zero-order valence-electron chi connectivity index (χ0n) is 11.4. The predicted molar refractivity (Wildman–Crippen MR) is 85.3 cm³/mol. The molecule has 0 bridgehead atoms. The second kappa shape index (κ2) is 5.70. The monoisotopic (exact) mass is 284 g/mol. The second-order valence-electron chi connectivity index (χ2n) is 4.94. The molecule has 0 amide bonds. The molecule has 2 nitrogen and oxygen atoms in total. The number of para-hydroxylation sites is 1. The Balaban J connectivity index is 2.06. The molecule has 20 heavy (non-hydrogen) atoms. The molecule has 2 aromatic carbocycles. The van der Waals surface area contributed by atoms with Crippen LogP contribution < -0.4 is 5.32 Å². The second-order valence-corrected chi connectivity index (χ2v) is 5.38. The highest BCUT2D eigenvalue weighted by Gasteiger charge is 2.08. The number of fused-ring (bicyclic) bond motifs is 1. The van der Waals surface area contributed by atoms with E-state index in [2.05, 4.69) is 46.3 Å². The normalized spacial score (nSPS) is 11.1. The largest absolute Gasteiger partial charge is 0.339 e. The van der Waals surface area contributed by atoms with Gasteiger partial charge in [0.1, 0.15) is 0 Å². The maximum atomic E-state index is 6.08. The van der Waals surface area contributed by atoms with Crippen LogP contribution in [0.3, 0.4) is 0 Å². The van der Waals surface area contributed by atoms with Crippen LogP contribution >= 0.6 is 11.6 Å². The van der Waals surface area contributed by atoms with Crippen LogP contribution in [0, 0.1) is 0 Å². The maximum Gasteiger partial charge on any atom is 0.0486 e. The molecule has 3 aromatic rings. The van der Waals surface area contributed by atoms with E-state index < -0.39 is 0 Å². The molecule has 0 aliphatic heterocycles. The molecule has 1 aromatic heterocycles. The number of hydrogen-bond acceptors (Lipinski definition) is 1. The third kappa shape index (κ3) is 2.58. The Labute approximate surface area is 124 Å². The van der Waals surface area contributed by atoms with Crippen LogP contribution in [0.5, 0.6) is 0 Å². The molecule has 3 heteroatoms. The molecule has 1 N–H and O–H groups in total. The van der Waals surface area contributed by atoms with E-state index in [4.69, 9.17) is 11.6 Å². The number of nitrogens with one attached hydrogen (secondary N) is 1. The van der Waals surface area contributed by atoms with Gasteiger partial charge in [0, 0.05) is 29.3 Å². The van der Waals surface area contributed by atoms with Gasteiger partial charge in [-0.3, -0.25) is 0 Å². The first-order valence-electron chi connectivity index (χ1n) is 6.74. The summed E-state index contributed by atoms with van der Waals surface area (Å²) in [5.74, 6) is 0. The molecule has 1 heterocycles. The van der Waals surface area contributed by atoms with E-state index in [1.165, 1.54) is 22.2 Å². The summed E-state index contributed by atoms with van der Waals surface area (Å²) in [6.45, 7) is 1.69. The summed E-state index contributed by atoms with van der Waals surface area (Å²) in [5.41, 5.74) is 3.77. The van der Waals surface area contributed by atoms with E-state index in [1.54, 1.807) is 0 Å². The first-order chi connectivity index (χ1) is 9.78. The average molecular weight is 285 g/mol. The number of aromatic nitrogens is 1. The molecule has 0 unspecified atom stereocenters.